The Morgan fingerprint density at radius 2 is 1.97 bits per heavy atom. The van der Waals surface area contributed by atoms with E-state index < -0.39 is 0 Å². The lowest BCUT2D eigenvalue weighted by molar-refractivity contribution is -0.123. The molecule has 1 amide bonds. The molecule has 8 heteroatoms. The van der Waals surface area contributed by atoms with Crippen molar-refractivity contribution in [1.82, 2.24) is 5.32 Å². The van der Waals surface area contributed by atoms with E-state index in [9.17, 15) is 9.59 Å². The molecule has 1 N–H and O–H groups in total. The van der Waals surface area contributed by atoms with E-state index in [1.807, 2.05) is 0 Å². The van der Waals surface area contributed by atoms with Crippen LogP contribution in [-0.4, -0.2) is 52.8 Å². The molecule has 1 heterocycles. The largest absolute Gasteiger partial charge is 0.493 e. The van der Waals surface area contributed by atoms with E-state index in [0.717, 1.165) is 6.42 Å². The van der Waals surface area contributed by atoms with Gasteiger partial charge in [0, 0.05) is 31.9 Å². The van der Waals surface area contributed by atoms with E-state index in [1.54, 1.807) is 56.7 Å². The van der Waals surface area contributed by atoms with Crippen molar-refractivity contribution in [3.05, 3.63) is 53.3 Å². The van der Waals surface area contributed by atoms with Crippen molar-refractivity contribution < 1.29 is 33.3 Å². The number of amides is 1. The fourth-order valence-electron chi connectivity index (χ4n) is 3.07. The number of methoxy groups -OCH3 is 3. The summed E-state index contributed by atoms with van der Waals surface area (Å²) in [6.45, 7) is 0.956. The Morgan fingerprint density at radius 3 is 2.71 bits per heavy atom. The van der Waals surface area contributed by atoms with Gasteiger partial charge >= 0.3 is 0 Å². The Labute approximate surface area is 180 Å². The molecule has 0 aromatic heterocycles. The molecule has 0 saturated carbocycles. The molecule has 8 nitrogen and oxygen atoms in total. The Morgan fingerprint density at radius 1 is 1.13 bits per heavy atom. The topological polar surface area (TPSA) is 92.3 Å². The number of hydrogen-bond donors (Lipinski definition) is 1. The number of benzene rings is 2. The third-order valence-corrected chi connectivity index (χ3v) is 4.58. The van der Waals surface area contributed by atoms with Crippen LogP contribution < -0.4 is 24.3 Å². The minimum absolute atomic E-state index is 0.135. The lowest BCUT2D eigenvalue weighted by Crippen LogP contribution is -2.30. The van der Waals surface area contributed by atoms with Gasteiger partial charge in [-0.05, 0) is 30.7 Å². The van der Waals surface area contributed by atoms with Gasteiger partial charge < -0.3 is 29.0 Å². The maximum atomic E-state index is 12.7. The summed E-state index contributed by atoms with van der Waals surface area (Å²) in [5.74, 6) is 1.53. The maximum absolute atomic E-state index is 12.7. The average Bonchev–Trinajstić information content (AvgIpc) is 3.09. The summed E-state index contributed by atoms with van der Waals surface area (Å²) in [6, 6.07) is 10.2. The number of nitrogens with one attached hydrogen (secondary N) is 1. The number of hydrogen-bond acceptors (Lipinski definition) is 7. The standard InChI is InChI=1S/C23H25NO7/c1-27-11-5-10-24-21(25)14-30-16-8-9-17-19(13-16)31-20(22(17)26)12-15-6-4-7-18(28-2)23(15)29-3/h4,6-9,12-13H,5,10-11,14H2,1-3H3,(H,24,25)/b20-12+. The SMILES string of the molecule is COCCCNC(=O)COc1ccc2c(c1)O/C(=C/c1cccc(OC)c1OC)C2=O. The molecule has 0 radical (unpaired) electrons. The first-order chi connectivity index (χ1) is 15.1. The highest BCUT2D eigenvalue weighted by Crippen LogP contribution is 2.37. The van der Waals surface area contributed by atoms with Crippen molar-refractivity contribution >= 4 is 17.8 Å². The summed E-state index contributed by atoms with van der Waals surface area (Å²) >= 11 is 0. The molecule has 1 aliphatic heterocycles. The second-order valence-corrected chi connectivity index (χ2v) is 6.67. The van der Waals surface area contributed by atoms with E-state index in [0.29, 0.717) is 47.3 Å². The van der Waals surface area contributed by atoms with Gasteiger partial charge in [0.15, 0.2) is 23.9 Å². The minimum atomic E-state index is -0.248. The zero-order valence-corrected chi connectivity index (χ0v) is 17.7. The van der Waals surface area contributed by atoms with Crippen molar-refractivity contribution in [1.29, 1.82) is 0 Å². The number of para-hydroxylation sites is 1. The Bertz CT molecular complexity index is 984. The van der Waals surface area contributed by atoms with Gasteiger partial charge in [0.2, 0.25) is 5.78 Å². The van der Waals surface area contributed by atoms with Gasteiger partial charge in [-0.2, -0.15) is 0 Å². The molecular weight excluding hydrogens is 402 g/mol. The molecule has 2 aromatic rings. The lowest BCUT2D eigenvalue weighted by Gasteiger charge is -2.10. The molecule has 1 aliphatic rings. The van der Waals surface area contributed by atoms with Gasteiger partial charge in [-0.1, -0.05) is 12.1 Å². The quantitative estimate of drug-likeness (QED) is 0.460. The third-order valence-electron chi connectivity index (χ3n) is 4.58. The number of fused-ring (bicyclic) bond motifs is 1. The molecule has 3 rings (SSSR count). The van der Waals surface area contributed by atoms with Gasteiger partial charge in [-0.3, -0.25) is 9.59 Å². The van der Waals surface area contributed by atoms with Crippen molar-refractivity contribution in [3.63, 3.8) is 0 Å². The van der Waals surface area contributed by atoms with E-state index >= 15 is 0 Å². The van der Waals surface area contributed by atoms with E-state index in [-0.39, 0.29) is 24.1 Å². The monoisotopic (exact) mass is 427 g/mol. The Hall–Kier alpha value is -3.52. The van der Waals surface area contributed by atoms with Gasteiger partial charge in [-0.25, -0.2) is 0 Å². The predicted molar refractivity (Wildman–Crippen MR) is 114 cm³/mol. The normalized spacial score (nSPS) is 13.5. The van der Waals surface area contributed by atoms with Crippen molar-refractivity contribution in [3.8, 4) is 23.0 Å². The summed E-state index contributed by atoms with van der Waals surface area (Å²) in [6.07, 6.45) is 2.34. The Kier molecular flexibility index (Phi) is 7.50. The van der Waals surface area contributed by atoms with Crippen LogP contribution in [0, 0.1) is 0 Å². The number of Topliss-reactive ketones (excluding diaryl/α,β-unsaturated/α-hetero) is 1. The summed E-state index contributed by atoms with van der Waals surface area (Å²) in [7, 11) is 4.69. The molecule has 0 unspecified atom stereocenters. The van der Waals surface area contributed by atoms with Gasteiger partial charge in [0.25, 0.3) is 5.91 Å². The molecule has 0 spiro atoms. The van der Waals surface area contributed by atoms with Crippen molar-refractivity contribution in [2.75, 3.05) is 41.1 Å². The summed E-state index contributed by atoms with van der Waals surface area (Å²) in [5.41, 5.74) is 1.07. The van der Waals surface area contributed by atoms with E-state index in [4.69, 9.17) is 23.7 Å². The summed E-state index contributed by atoms with van der Waals surface area (Å²) in [5, 5.41) is 2.74. The molecule has 164 valence electrons. The summed E-state index contributed by atoms with van der Waals surface area (Å²) < 4.78 is 26.9. The lowest BCUT2D eigenvalue weighted by atomic mass is 10.1. The van der Waals surface area contributed by atoms with Crippen molar-refractivity contribution in [2.24, 2.45) is 0 Å². The fourth-order valence-corrected chi connectivity index (χ4v) is 3.07. The average molecular weight is 427 g/mol. The van der Waals surface area contributed by atoms with Crippen LogP contribution >= 0.6 is 0 Å². The molecule has 0 aliphatic carbocycles. The third kappa shape index (κ3) is 5.35. The predicted octanol–water partition coefficient (Wildman–Crippen LogP) is 2.85. The first-order valence-corrected chi connectivity index (χ1v) is 9.75. The Balaban J connectivity index is 1.68. The van der Waals surface area contributed by atoms with Crippen LogP contribution in [-0.2, 0) is 9.53 Å². The van der Waals surface area contributed by atoms with E-state index in [2.05, 4.69) is 5.32 Å². The first-order valence-electron chi connectivity index (χ1n) is 9.75. The summed E-state index contributed by atoms with van der Waals surface area (Å²) in [4.78, 5) is 24.6. The minimum Gasteiger partial charge on any atom is -0.493 e. The first kappa shape index (κ1) is 22.2. The van der Waals surface area contributed by atoms with Crippen LogP contribution in [0.3, 0.4) is 0 Å². The molecule has 0 atom stereocenters. The van der Waals surface area contributed by atoms with Crippen molar-refractivity contribution in [2.45, 2.75) is 6.42 Å². The zero-order chi connectivity index (χ0) is 22.2. The van der Waals surface area contributed by atoms with Crippen LogP contribution in [0.2, 0.25) is 0 Å². The van der Waals surface area contributed by atoms with Gasteiger partial charge in [-0.15, -0.1) is 0 Å². The molecular formula is C23H25NO7. The number of allylic oxidation sites excluding steroid dienone is 1. The number of carbonyl (C=O) groups is 2. The molecule has 0 bridgehead atoms. The second kappa shape index (κ2) is 10.5. The highest BCUT2D eigenvalue weighted by Gasteiger charge is 2.28. The molecule has 2 aromatic carbocycles. The van der Waals surface area contributed by atoms with Crippen LogP contribution in [0.4, 0.5) is 0 Å². The number of ketones is 1. The van der Waals surface area contributed by atoms with E-state index in [1.165, 1.54) is 7.11 Å². The molecule has 0 fully saturated rings. The maximum Gasteiger partial charge on any atom is 0.257 e. The number of carbonyl (C=O) groups excluding carboxylic acids is 2. The highest BCUT2D eigenvalue weighted by molar-refractivity contribution is 6.14. The van der Waals surface area contributed by atoms with Crippen LogP contribution in [0.1, 0.15) is 22.3 Å². The van der Waals surface area contributed by atoms with Gasteiger partial charge in [0.05, 0.1) is 19.8 Å². The smallest absolute Gasteiger partial charge is 0.257 e. The highest BCUT2D eigenvalue weighted by atomic mass is 16.5. The number of rotatable bonds is 10. The van der Waals surface area contributed by atoms with Crippen LogP contribution in [0.25, 0.3) is 6.08 Å². The fraction of sp³-hybridized carbons (Fsp3) is 0.304. The molecule has 0 saturated heterocycles. The molecule has 31 heavy (non-hydrogen) atoms. The van der Waals surface area contributed by atoms with Crippen LogP contribution in [0.15, 0.2) is 42.2 Å². The zero-order valence-electron chi connectivity index (χ0n) is 17.7. The van der Waals surface area contributed by atoms with Gasteiger partial charge in [0.1, 0.15) is 11.5 Å². The number of ether oxygens (including phenoxy) is 5. The van der Waals surface area contributed by atoms with Crippen LogP contribution in [0.5, 0.6) is 23.0 Å². The second-order valence-electron chi connectivity index (χ2n) is 6.67.